The van der Waals surface area contributed by atoms with Gasteiger partial charge in [-0.05, 0) is 37.1 Å². The normalized spacial score (nSPS) is 19.2. The number of hydrogen-bond donors (Lipinski definition) is 1. The summed E-state index contributed by atoms with van der Waals surface area (Å²) in [6, 6.07) is 8.28. The molecule has 1 aliphatic carbocycles. The van der Waals surface area contributed by atoms with Crippen molar-refractivity contribution in [2.45, 2.75) is 18.9 Å². The van der Waals surface area contributed by atoms with Crippen LogP contribution in [0.2, 0.25) is 5.02 Å². The number of hydrogen-bond acceptors (Lipinski definition) is 4. The molecule has 1 aromatic carbocycles. The van der Waals surface area contributed by atoms with Crippen LogP contribution in [0.15, 0.2) is 24.3 Å². The molecule has 2 fully saturated rings. The van der Waals surface area contributed by atoms with Gasteiger partial charge in [0.15, 0.2) is 0 Å². The third-order valence-corrected chi connectivity index (χ3v) is 4.75. The van der Waals surface area contributed by atoms with E-state index in [4.69, 9.17) is 16.6 Å². The molecule has 0 amide bonds. The Morgan fingerprint density at radius 1 is 1.09 bits per heavy atom. The molecule has 2 heterocycles. The summed E-state index contributed by atoms with van der Waals surface area (Å²) in [5, 5.41) is 10.9. The average molecular weight is 340 g/mol. The first kappa shape index (κ1) is 15.7. The van der Waals surface area contributed by atoms with Gasteiger partial charge in [-0.25, -0.2) is 4.98 Å². The summed E-state index contributed by atoms with van der Waals surface area (Å²) in [5.74, 6) is 1.11. The van der Waals surface area contributed by atoms with Gasteiger partial charge < -0.3 is 10.0 Å². The van der Waals surface area contributed by atoms with Gasteiger partial charge >= 0.3 is 0 Å². The van der Waals surface area contributed by atoms with E-state index in [1.807, 2.05) is 12.1 Å². The van der Waals surface area contributed by atoms with Gasteiger partial charge in [0, 0.05) is 37.6 Å². The standard InChI is InChI=1S/C16H18ClN3O.ClH/c17-13-10-14-11(9-15(13)21)1-4-16(18-14)20-7-5-19(6-8-20)12-2-3-12;/h1,4,9-10,12,21H,2-3,5-8H2;1H. The van der Waals surface area contributed by atoms with Gasteiger partial charge in [-0.15, -0.1) is 12.4 Å². The van der Waals surface area contributed by atoms with Crippen LogP contribution < -0.4 is 4.90 Å². The van der Waals surface area contributed by atoms with E-state index in [1.165, 1.54) is 12.8 Å². The van der Waals surface area contributed by atoms with E-state index < -0.39 is 0 Å². The van der Waals surface area contributed by atoms with Crippen LogP contribution in [0.3, 0.4) is 0 Å². The lowest BCUT2D eigenvalue weighted by Crippen LogP contribution is -2.47. The number of rotatable bonds is 2. The highest BCUT2D eigenvalue weighted by Gasteiger charge is 2.31. The van der Waals surface area contributed by atoms with Crippen molar-refractivity contribution in [1.82, 2.24) is 9.88 Å². The highest BCUT2D eigenvalue weighted by molar-refractivity contribution is 6.32. The van der Waals surface area contributed by atoms with Crippen molar-refractivity contribution in [2.75, 3.05) is 31.1 Å². The molecule has 0 unspecified atom stereocenters. The second kappa shape index (κ2) is 6.11. The molecule has 1 saturated heterocycles. The Bertz CT molecular complexity index is 682. The molecule has 0 spiro atoms. The van der Waals surface area contributed by atoms with Crippen molar-refractivity contribution < 1.29 is 5.11 Å². The number of nitrogens with zero attached hydrogens (tertiary/aromatic N) is 3. The molecule has 1 saturated carbocycles. The van der Waals surface area contributed by atoms with E-state index in [2.05, 4.69) is 9.80 Å². The van der Waals surface area contributed by atoms with Gasteiger partial charge in [0.25, 0.3) is 0 Å². The van der Waals surface area contributed by atoms with Gasteiger partial charge in [0.1, 0.15) is 11.6 Å². The molecule has 0 radical (unpaired) electrons. The molecule has 1 N–H and O–H groups in total. The summed E-state index contributed by atoms with van der Waals surface area (Å²) in [7, 11) is 0. The van der Waals surface area contributed by atoms with E-state index in [-0.39, 0.29) is 18.2 Å². The maximum atomic E-state index is 9.65. The van der Waals surface area contributed by atoms with Crippen LogP contribution in [0.25, 0.3) is 10.9 Å². The predicted molar refractivity (Wildman–Crippen MR) is 92.5 cm³/mol. The molecular weight excluding hydrogens is 321 g/mol. The Morgan fingerprint density at radius 2 is 1.82 bits per heavy atom. The Morgan fingerprint density at radius 3 is 2.50 bits per heavy atom. The minimum Gasteiger partial charge on any atom is -0.506 e. The summed E-state index contributed by atoms with van der Waals surface area (Å²) in [5.41, 5.74) is 0.833. The van der Waals surface area contributed by atoms with Gasteiger partial charge in [-0.2, -0.15) is 0 Å². The van der Waals surface area contributed by atoms with E-state index >= 15 is 0 Å². The lowest BCUT2D eigenvalue weighted by atomic mass is 10.2. The summed E-state index contributed by atoms with van der Waals surface area (Å²) < 4.78 is 0. The third kappa shape index (κ3) is 2.96. The Balaban J connectivity index is 0.00000144. The number of aromatic nitrogens is 1. The molecule has 2 aromatic rings. The number of aromatic hydroxyl groups is 1. The first-order valence-electron chi connectivity index (χ1n) is 7.49. The zero-order valence-corrected chi connectivity index (χ0v) is 13.8. The van der Waals surface area contributed by atoms with Crippen molar-refractivity contribution in [1.29, 1.82) is 0 Å². The smallest absolute Gasteiger partial charge is 0.134 e. The molecule has 4 nitrogen and oxygen atoms in total. The zero-order chi connectivity index (χ0) is 14.4. The van der Waals surface area contributed by atoms with Crippen molar-refractivity contribution in [3.05, 3.63) is 29.3 Å². The molecule has 2 aliphatic rings. The highest BCUT2D eigenvalue weighted by Crippen LogP contribution is 2.31. The number of fused-ring (bicyclic) bond motifs is 1. The minimum atomic E-state index is 0. The van der Waals surface area contributed by atoms with Gasteiger partial charge in [0.05, 0.1) is 10.5 Å². The number of halogens is 2. The molecule has 4 rings (SSSR count). The van der Waals surface area contributed by atoms with Crippen molar-refractivity contribution >= 4 is 40.7 Å². The van der Waals surface area contributed by atoms with E-state index in [1.54, 1.807) is 12.1 Å². The molecule has 22 heavy (non-hydrogen) atoms. The summed E-state index contributed by atoms with van der Waals surface area (Å²) in [6.07, 6.45) is 2.74. The average Bonchev–Trinajstić information content (AvgIpc) is 3.33. The van der Waals surface area contributed by atoms with Crippen LogP contribution in [-0.2, 0) is 0 Å². The second-order valence-corrected chi connectivity index (χ2v) is 6.33. The first-order valence-corrected chi connectivity index (χ1v) is 7.87. The molecule has 0 bridgehead atoms. The Kier molecular flexibility index (Phi) is 4.35. The van der Waals surface area contributed by atoms with Gasteiger partial charge in [-0.3, -0.25) is 4.90 Å². The van der Waals surface area contributed by atoms with Crippen LogP contribution >= 0.6 is 24.0 Å². The predicted octanol–water partition coefficient (Wildman–Crippen LogP) is 3.30. The molecular formula is C16H19Cl2N3O. The van der Waals surface area contributed by atoms with Crippen LogP contribution in [0.5, 0.6) is 5.75 Å². The van der Waals surface area contributed by atoms with Crippen LogP contribution in [0, 0.1) is 0 Å². The fourth-order valence-electron chi connectivity index (χ4n) is 3.05. The van der Waals surface area contributed by atoms with E-state index in [0.29, 0.717) is 5.02 Å². The molecule has 6 heteroatoms. The number of piperazine rings is 1. The fraction of sp³-hybridized carbons (Fsp3) is 0.438. The molecule has 1 aromatic heterocycles. The minimum absolute atomic E-state index is 0. The largest absolute Gasteiger partial charge is 0.506 e. The van der Waals surface area contributed by atoms with Crippen molar-refractivity contribution in [3.63, 3.8) is 0 Å². The highest BCUT2D eigenvalue weighted by atomic mass is 35.5. The van der Waals surface area contributed by atoms with Gasteiger partial charge in [0.2, 0.25) is 0 Å². The molecule has 0 atom stereocenters. The van der Waals surface area contributed by atoms with Crippen LogP contribution in [0.1, 0.15) is 12.8 Å². The van der Waals surface area contributed by atoms with Crippen LogP contribution in [-0.4, -0.2) is 47.2 Å². The zero-order valence-electron chi connectivity index (χ0n) is 12.2. The van der Waals surface area contributed by atoms with Gasteiger partial charge in [-0.1, -0.05) is 11.6 Å². The topological polar surface area (TPSA) is 39.6 Å². The second-order valence-electron chi connectivity index (χ2n) is 5.92. The summed E-state index contributed by atoms with van der Waals surface area (Å²) >= 11 is 5.98. The SMILES string of the molecule is Cl.Oc1cc2ccc(N3CCN(C4CC4)CC3)nc2cc1Cl. The number of pyridine rings is 1. The molecule has 1 aliphatic heterocycles. The monoisotopic (exact) mass is 339 g/mol. The Hall–Kier alpha value is -1.23. The van der Waals surface area contributed by atoms with E-state index in [0.717, 1.165) is 48.9 Å². The quantitative estimate of drug-likeness (QED) is 0.911. The summed E-state index contributed by atoms with van der Waals surface area (Å²) in [6.45, 7) is 4.31. The maximum absolute atomic E-state index is 9.65. The van der Waals surface area contributed by atoms with Crippen molar-refractivity contribution in [3.8, 4) is 5.75 Å². The maximum Gasteiger partial charge on any atom is 0.134 e. The lowest BCUT2D eigenvalue weighted by Gasteiger charge is -2.35. The van der Waals surface area contributed by atoms with E-state index in [9.17, 15) is 5.11 Å². The van der Waals surface area contributed by atoms with Crippen molar-refractivity contribution in [2.24, 2.45) is 0 Å². The third-order valence-electron chi connectivity index (χ3n) is 4.44. The lowest BCUT2D eigenvalue weighted by molar-refractivity contribution is 0.247. The summed E-state index contributed by atoms with van der Waals surface area (Å²) in [4.78, 5) is 9.62. The molecule has 118 valence electrons. The Labute approximate surface area is 141 Å². The fourth-order valence-corrected chi connectivity index (χ4v) is 3.21. The number of phenols is 1. The number of anilines is 1. The van der Waals surface area contributed by atoms with Crippen LogP contribution in [0.4, 0.5) is 5.82 Å². The number of phenolic OH excluding ortho intramolecular Hbond substituents is 1. The number of benzene rings is 1. The first-order chi connectivity index (χ1) is 10.2.